The van der Waals surface area contributed by atoms with E-state index >= 15 is 0 Å². The molecule has 2 aromatic rings. The number of pyridine rings is 1. The largest absolute Gasteiger partial charge is 0.472 e. The van der Waals surface area contributed by atoms with Crippen molar-refractivity contribution in [2.75, 3.05) is 13.2 Å². The zero-order valence-corrected chi connectivity index (χ0v) is 27.8. The molecule has 13 heteroatoms. The highest BCUT2D eigenvalue weighted by molar-refractivity contribution is 7.54. The summed E-state index contributed by atoms with van der Waals surface area (Å²) in [4.78, 5) is 68.0. The van der Waals surface area contributed by atoms with Crippen LogP contribution in [0.1, 0.15) is 76.7 Å². The van der Waals surface area contributed by atoms with E-state index in [1.165, 1.54) is 4.90 Å². The number of fused-ring (bicyclic) bond motifs is 3. The third-order valence-corrected chi connectivity index (χ3v) is 12.1. The zero-order chi connectivity index (χ0) is 33.3. The van der Waals surface area contributed by atoms with Crippen LogP contribution in [0.15, 0.2) is 42.6 Å². The Hall–Kier alpha value is -3.47. The van der Waals surface area contributed by atoms with Crippen LogP contribution < -0.4 is 15.4 Å². The first-order valence-corrected chi connectivity index (χ1v) is 18.4. The second-order valence-electron chi connectivity index (χ2n) is 13.6. The SMILES string of the molecule is C=C1CCCc2ccc3ccnc(c3c2)O[C@@H]2C[C@@H](C(=O)NC3(P(=O)(O)O)CC3CC)N(C2)C(=O)[C@H](C2CCCCC2)NC(=O)OC1. The minimum atomic E-state index is -4.70. The Morgan fingerprint density at radius 2 is 1.96 bits per heavy atom. The summed E-state index contributed by atoms with van der Waals surface area (Å²) >= 11 is 0. The molecule has 4 N–H and O–H groups in total. The summed E-state index contributed by atoms with van der Waals surface area (Å²) in [7, 11) is -4.70. The first kappa shape index (κ1) is 33.4. The molecule has 1 saturated heterocycles. The van der Waals surface area contributed by atoms with Gasteiger partial charge in [-0.15, -0.1) is 0 Å². The van der Waals surface area contributed by atoms with Gasteiger partial charge in [-0.1, -0.05) is 51.3 Å². The third-order valence-electron chi connectivity index (χ3n) is 10.4. The molecule has 3 amide bonds. The molecule has 47 heavy (non-hydrogen) atoms. The summed E-state index contributed by atoms with van der Waals surface area (Å²) < 4.78 is 24.6. The Balaban J connectivity index is 1.36. The lowest BCUT2D eigenvalue weighted by atomic mass is 9.83. The molecule has 3 fully saturated rings. The van der Waals surface area contributed by atoms with E-state index in [0.717, 1.165) is 66.9 Å². The molecule has 2 unspecified atom stereocenters. The average molecular weight is 669 g/mol. The first-order chi connectivity index (χ1) is 22.5. The van der Waals surface area contributed by atoms with Crippen molar-refractivity contribution >= 4 is 36.3 Å². The molecule has 4 aliphatic rings. The van der Waals surface area contributed by atoms with Crippen LogP contribution in [0, 0.1) is 11.8 Å². The molecule has 2 saturated carbocycles. The summed E-state index contributed by atoms with van der Waals surface area (Å²) in [6, 6.07) is 5.98. The van der Waals surface area contributed by atoms with E-state index in [4.69, 9.17) is 9.47 Å². The minimum Gasteiger partial charge on any atom is -0.472 e. The molecule has 6 rings (SSSR count). The maximum Gasteiger partial charge on any atom is 0.408 e. The zero-order valence-electron chi connectivity index (χ0n) is 26.9. The van der Waals surface area contributed by atoms with Crippen LogP contribution in [0.3, 0.4) is 0 Å². The molecule has 2 aliphatic carbocycles. The van der Waals surface area contributed by atoms with Crippen LogP contribution in [0.25, 0.3) is 10.8 Å². The lowest BCUT2D eigenvalue weighted by Crippen LogP contribution is -2.57. The van der Waals surface area contributed by atoms with Gasteiger partial charge in [0, 0.05) is 18.0 Å². The highest BCUT2D eigenvalue weighted by atomic mass is 31.2. The normalized spacial score (nSPS) is 29.4. The lowest BCUT2D eigenvalue weighted by molar-refractivity contribution is -0.141. The number of alkyl carbamates (subject to hydrolysis) is 1. The molecule has 3 heterocycles. The van der Waals surface area contributed by atoms with Crippen LogP contribution in [0.4, 0.5) is 4.79 Å². The molecule has 5 atom stereocenters. The average Bonchev–Trinajstić information content (AvgIpc) is 3.63. The number of benzene rings is 1. The molecular weight excluding hydrogens is 623 g/mol. The fourth-order valence-electron chi connectivity index (χ4n) is 7.63. The van der Waals surface area contributed by atoms with Gasteiger partial charge in [-0.25, -0.2) is 9.78 Å². The fraction of sp³-hybridized carbons (Fsp3) is 0.588. The van der Waals surface area contributed by atoms with Gasteiger partial charge in [0.15, 0.2) is 0 Å². The fourth-order valence-corrected chi connectivity index (χ4v) is 9.00. The third kappa shape index (κ3) is 7.05. The Morgan fingerprint density at radius 1 is 1.17 bits per heavy atom. The molecule has 2 aliphatic heterocycles. The number of carbonyl (C=O) groups excluding carboxylic acids is 3. The van der Waals surface area contributed by atoms with Gasteiger partial charge in [0.2, 0.25) is 17.7 Å². The maximum atomic E-state index is 14.5. The van der Waals surface area contributed by atoms with E-state index in [1.807, 2.05) is 25.1 Å². The molecule has 0 spiro atoms. The minimum absolute atomic E-state index is 0.0247. The standard InChI is InChI=1S/C34H45N4O8P/c1-3-25-18-34(25,47(42,43)44)37-30(39)28-17-26-19-38(28)32(40)29(24-10-5-4-6-11-24)36-33(41)45-20-21(2)8-7-9-22-12-13-23-14-15-35-31(46-26)27(23)16-22/h12-16,24-26,28-29H,2-11,17-20H2,1H3,(H,36,41)(H,37,39)(H2,42,43,44)/t25?,26-,28+,29+,34?/m1/s1. The Kier molecular flexibility index (Phi) is 9.65. The molecule has 1 aromatic heterocycles. The molecule has 254 valence electrons. The monoisotopic (exact) mass is 668 g/mol. The number of nitrogens with one attached hydrogen (secondary N) is 2. The predicted octanol–water partition coefficient (Wildman–Crippen LogP) is 4.57. The highest BCUT2D eigenvalue weighted by Gasteiger charge is 2.66. The van der Waals surface area contributed by atoms with E-state index in [2.05, 4.69) is 28.3 Å². The van der Waals surface area contributed by atoms with Gasteiger partial charge in [0.1, 0.15) is 30.1 Å². The van der Waals surface area contributed by atoms with Gasteiger partial charge in [-0.3, -0.25) is 14.2 Å². The van der Waals surface area contributed by atoms with E-state index in [0.29, 0.717) is 18.7 Å². The van der Waals surface area contributed by atoms with Gasteiger partial charge in [0.25, 0.3) is 0 Å². The Labute approximate surface area is 274 Å². The van der Waals surface area contributed by atoms with Crippen molar-refractivity contribution in [3.8, 4) is 5.88 Å². The Bertz CT molecular complexity index is 1590. The van der Waals surface area contributed by atoms with Crippen LogP contribution in [-0.2, 0) is 25.3 Å². The second-order valence-corrected chi connectivity index (χ2v) is 15.5. The maximum absolute atomic E-state index is 14.5. The number of cyclic esters (lactones) is 1. The number of ether oxygens (including phenoxy) is 2. The summed E-state index contributed by atoms with van der Waals surface area (Å²) in [5.74, 6) is -1.24. The van der Waals surface area contributed by atoms with Crippen molar-refractivity contribution in [3.63, 3.8) is 0 Å². The number of hydrogen-bond donors (Lipinski definition) is 4. The van der Waals surface area contributed by atoms with Gasteiger partial charge in [-0.2, -0.15) is 0 Å². The predicted molar refractivity (Wildman–Crippen MR) is 175 cm³/mol. The quantitative estimate of drug-likeness (QED) is 0.264. The number of hydrogen-bond acceptors (Lipinski definition) is 7. The van der Waals surface area contributed by atoms with Crippen molar-refractivity contribution in [3.05, 3.63) is 48.2 Å². The van der Waals surface area contributed by atoms with Crippen LogP contribution in [0.2, 0.25) is 0 Å². The van der Waals surface area contributed by atoms with E-state index in [1.54, 1.807) is 6.20 Å². The van der Waals surface area contributed by atoms with Gasteiger partial charge in [-0.05, 0) is 79.0 Å². The van der Waals surface area contributed by atoms with Gasteiger partial charge < -0.3 is 34.8 Å². The lowest BCUT2D eigenvalue weighted by Gasteiger charge is -2.34. The van der Waals surface area contributed by atoms with Crippen molar-refractivity contribution in [1.29, 1.82) is 0 Å². The summed E-state index contributed by atoms with van der Waals surface area (Å²) in [5, 5.41) is 5.60. The van der Waals surface area contributed by atoms with Crippen LogP contribution >= 0.6 is 7.60 Å². The Morgan fingerprint density at radius 3 is 2.68 bits per heavy atom. The number of amides is 3. The van der Waals surface area contributed by atoms with Crippen molar-refractivity contribution in [2.24, 2.45) is 11.8 Å². The summed E-state index contributed by atoms with van der Waals surface area (Å²) in [6.45, 7) is 5.96. The molecule has 0 radical (unpaired) electrons. The van der Waals surface area contributed by atoms with E-state index in [-0.39, 0.29) is 37.8 Å². The van der Waals surface area contributed by atoms with Crippen LogP contribution in [0.5, 0.6) is 5.88 Å². The summed E-state index contributed by atoms with van der Waals surface area (Å²) in [6.07, 6.45) is 7.59. The first-order valence-electron chi connectivity index (χ1n) is 16.8. The van der Waals surface area contributed by atoms with Crippen LogP contribution in [-0.4, -0.2) is 74.2 Å². The summed E-state index contributed by atoms with van der Waals surface area (Å²) in [5.41, 5.74) is 1.84. The number of aromatic nitrogens is 1. The van der Waals surface area contributed by atoms with E-state index in [9.17, 15) is 28.7 Å². The number of rotatable bonds is 5. The molecular formula is C34H45N4O8P. The van der Waals surface area contributed by atoms with Crippen molar-refractivity contribution < 1.29 is 38.2 Å². The molecule has 4 bridgehead atoms. The van der Waals surface area contributed by atoms with Crippen molar-refractivity contribution in [2.45, 2.75) is 101 Å². The second kappa shape index (κ2) is 13.6. The number of nitrogens with zero attached hydrogens (tertiary/aromatic N) is 2. The molecule has 1 aromatic carbocycles. The van der Waals surface area contributed by atoms with Gasteiger partial charge >= 0.3 is 13.7 Å². The highest BCUT2D eigenvalue weighted by Crippen LogP contribution is 2.67. The number of aryl methyl sites for hydroxylation is 1. The van der Waals surface area contributed by atoms with Crippen molar-refractivity contribution in [1.82, 2.24) is 20.5 Å². The topological polar surface area (TPSA) is 167 Å². The van der Waals surface area contributed by atoms with E-state index < -0.39 is 49.0 Å². The smallest absolute Gasteiger partial charge is 0.408 e. The van der Waals surface area contributed by atoms with Gasteiger partial charge in [0.05, 0.1) is 6.54 Å². The molecule has 12 nitrogen and oxygen atoms in total. The number of carbonyl (C=O) groups is 3.